The van der Waals surface area contributed by atoms with E-state index in [4.69, 9.17) is 5.73 Å². The zero-order chi connectivity index (χ0) is 13.2. The molecule has 2 atom stereocenters. The molecule has 2 N–H and O–H groups in total. The minimum absolute atomic E-state index is 0.231. The van der Waals surface area contributed by atoms with Crippen LogP contribution in [0.1, 0.15) is 45.2 Å². The molecule has 0 bridgehead atoms. The number of pyridine rings is 1. The highest BCUT2D eigenvalue weighted by atomic mass is 79.9. The second-order valence-corrected chi connectivity index (χ2v) is 7.09. The fourth-order valence-electron chi connectivity index (χ4n) is 3.23. The molecule has 0 saturated heterocycles. The van der Waals surface area contributed by atoms with Gasteiger partial charge in [0.2, 0.25) is 0 Å². The third kappa shape index (κ3) is 3.33. The smallest absolute Gasteiger partial charge is 0.0420 e. The minimum Gasteiger partial charge on any atom is -0.327 e. The van der Waals surface area contributed by atoms with E-state index in [-0.39, 0.29) is 6.04 Å². The van der Waals surface area contributed by atoms with Gasteiger partial charge in [0, 0.05) is 28.8 Å². The summed E-state index contributed by atoms with van der Waals surface area (Å²) in [5.41, 5.74) is 7.93. The SMILES string of the molecule is CC1(C)CCCCC1C(N)Cc1ccc(Br)cn1. The van der Waals surface area contributed by atoms with E-state index in [1.54, 1.807) is 0 Å². The average molecular weight is 311 g/mol. The maximum Gasteiger partial charge on any atom is 0.0420 e. The maximum atomic E-state index is 6.44. The van der Waals surface area contributed by atoms with Gasteiger partial charge in [-0.3, -0.25) is 4.98 Å². The summed E-state index contributed by atoms with van der Waals surface area (Å²) in [6, 6.07) is 4.34. The van der Waals surface area contributed by atoms with Crippen LogP contribution in [0.2, 0.25) is 0 Å². The van der Waals surface area contributed by atoms with E-state index in [1.807, 2.05) is 12.3 Å². The van der Waals surface area contributed by atoms with Crippen molar-refractivity contribution in [3.05, 3.63) is 28.5 Å². The van der Waals surface area contributed by atoms with Crippen LogP contribution in [0.3, 0.4) is 0 Å². The van der Waals surface area contributed by atoms with Crippen molar-refractivity contribution in [3.63, 3.8) is 0 Å². The summed E-state index contributed by atoms with van der Waals surface area (Å²) >= 11 is 3.41. The molecule has 0 radical (unpaired) electrons. The topological polar surface area (TPSA) is 38.9 Å². The first-order valence-electron chi connectivity index (χ1n) is 6.85. The molecule has 18 heavy (non-hydrogen) atoms. The van der Waals surface area contributed by atoms with Gasteiger partial charge in [0.15, 0.2) is 0 Å². The number of halogens is 1. The lowest BCUT2D eigenvalue weighted by Crippen LogP contribution is -2.43. The van der Waals surface area contributed by atoms with Crippen LogP contribution in [-0.2, 0) is 6.42 Å². The Morgan fingerprint density at radius 2 is 2.22 bits per heavy atom. The Hall–Kier alpha value is -0.410. The highest BCUT2D eigenvalue weighted by Gasteiger charge is 2.35. The molecule has 0 spiro atoms. The van der Waals surface area contributed by atoms with Gasteiger partial charge in [0.05, 0.1) is 0 Å². The van der Waals surface area contributed by atoms with Gasteiger partial charge in [-0.05, 0) is 52.2 Å². The fourth-order valence-corrected chi connectivity index (χ4v) is 3.46. The lowest BCUT2D eigenvalue weighted by atomic mass is 9.65. The second-order valence-electron chi connectivity index (χ2n) is 6.18. The number of hydrogen-bond donors (Lipinski definition) is 1. The van der Waals surface area contributed by atoms with Crippen LogP contribution in [-0.4, -0.2) is 11.0 Å². The standard InChI is InChI=1S/C15H23BrN2/c1-15(2)8-4-3-5-13(15)14(17)9-12-7-6-11(16)10-18-12/h6-7,10,13-14H,3-5,8-9,17H2,1-2H3. The Kier molecular flexibility index (Phi) is 4.44. The van der Waals surface area contributed by atoms with Crippen molar-refractivity contribution in [3.8, 4) is 0 Å². The molecule has 0 aliphatic heterocycles. The summed E-state index contributed by atoms with van der Waals surface area (Å²) in [5, 5.41) is 0. The first kappa shape index (κ1) is 14.0. The van der Waals surface area contributed by atoms with Gasteiger partial charge in [-0.2, -0.15) is 0 Å². The zero-order valence-corrected chi connectivity index (χ0v) is 12.9. The van der Waals surface area contributed by atoms with Crippen LogP contribution >= 0.6 is 15.9 Å². The van der Waals surface area contributed by atoms with Crippen molar-refractivity contribution >= 4 is 15.9 Å². The van der Waals surface area contributed by atoms with Crippen LogP contribution in [0, 0.1) is 11.3 Å². The van der Waals surface area contributed by atoms with Crippen molar-refractivity contribution in [1.82, 2.24) is 4.98 Å². The van der Waals surface area contributed by atoms with E-state index in [0.717, 1.165) is 16.6 Å². The number of nitrogens with two attached hydrogens (primary N) is 1. The molecule has 1 heterocycles. The van der Waals surface area contributed by atoms with Crippen LogP contribution in [0.25, 0.3) is 0 Å². The highest BCUT2D eigenvalue weighted by molar-refractivity contribution is 9.10. The second kappa shape index (κ2) is 5.70. The molecule has 2 unspecified atom stereocenters. The molecule has 1 fully saturated rings. The van der Waals surface area contributed by atoms with Crippen molar-refractivity contribution in [2.75, 3.05) is 0 Å². The molecule has 1 aliphatic rings. The number of hydrogen-bond acceptors (Lipinski definition) is 2. The molecule has 1 aliphatic carbocycles. The van der Waals surface area contributed by atoms with E-state index >= 15 is 0 Å². The van der Waals surface area contributed by atoms with E-state index in [2.05, 4.69) is 40.8 Å². The Balaban J connectivity index is 2.02. The van der Waals surface area contributed by atoms with E-state index in [0.29, 0.717) is 11.3 Å². The highest BCUT2D eigenvalue weighted by Crippen LogP contribution is 2.42. The molecule has 1 aromatic rings. The predicted octanol–water partition coefficient (Wildman–Crippen LogP) is 3.93. The van der Waals surface area contributed by atoms with Gasteiger partial charge >= 0.3 is 0 Å². The van der Waals surface area contributed by atoms with Crippen molar-refractivity contribution in [2.45, 2.75) is 52.0 Å². The number of nitrogens with zero attached hydrogens (tertiary/aromatic N) is 1. The Labute approximate surface area is 119 Å². The quantitative estimate of drug-likeness (QED) is 0.918. The molecular weight excluding hydrogens is 288 g/mol. The van der Waals surface area contributed by atoms with Crippen LogP contribution < -0.4 is 5.73 Å². The Morgan fingerprint density at radius 3 is 2.83 bits per heavy atom. The molecule has 1 saturated carbocycles. The van der Waals surface area contributed by atoms with Gasteiger partial charge in [0.1, 0.15) is 0 Å². The van der Waals surface area contributed by atoms with Gasteiger partial charge in [0.25, 0.3) is 0 Å². The fraction of sp³-hybridized carbons (Fsp3) is 0.667. The zero-order valence-electron chi connectivity index (χ0n) is 11.3. The Bertz CT molecular complexity index is 386. The summed E-state index contributed by atoms with van der Waals surface area (Å²) in [5.74, 6) is 0.622. The molecule has 2 nitrogen and oxygen atoms in total. The summed E-state index contributed by atoms with van der Waals surface area (Å²) < 4.78 is 1.03. The first-order valence-corrected chi connectivity index (χ1v) is 7.64. The van der Waals surface area contributed by atoms with Crippen LogP contribution in [0.15, 0.2) is 22.8 Å². The largest absolute Gasteiger partial charge is 0.327 e. The predicted molar refractivity (Wildman–Crippen MR) is 79.4 cm³/mol. The molecule has 100 valence electrons. The van der Waals surface area contributed by atoms with E-state index < -0.39 is 0 Å². The normalized spacial score (nSPS) is 24.8. The van der Waals surface area contributed by atoms with Crippen LogP contribution in [0.4, 0.5) is 0 Å². The van der Waals surface area contributed by atoms with Crippen molar-refractivity contribution in [2.24, 2.45) is 17.1 Å². The average Bonchev–Trinajstić information content (AvgIpc) is 2.31. The van der Waals surface area contributed by atoms with E-state index in [9.17, 15) is 0 Å². The first-order chi connectivity index (χ1) is 8.49. The number of rotatable bonds is 3. The van der Waals surface area contributed by atoms with Gasteiger partial charge in [-0.15, -0.1) is 0 Å². The van der Waals surface area contributed by atoms with Crippen LogP contribution in [0.5, 0.6) is 0 Å². The molecule has 1 aromatic heterocycles. The molecule has 3 heteroatoms. The summed E-state index contributed by atoms with van der Waals surface area (Å²) in [6.07, 6.45) is 8.00. The van der Waals surface area contributed by atoms with Gasteiger partial charge in [-0.25, -0.2) is 0 Å². The third-order valence-electron chi connectivity index (χ3n) is 4.34. The Morgan fingerprint density at radius 1 is 1.44 bits per heavy atom. The summed E-state index contributed by atoms with van der Waals surface area (Å²) in [6.45, 7) is 4.73. The molecule has 0 aromatic carbocycles. The summed E-state index contributed by atoms with van der Waals surface area (Å²) in [4.78, 5) is 4.43. The molecule has 0 amide bonds. The van der Waals surface area contributed by atoms with E-state index in [1.165, 1.54) is 25.7 Å². The van der Waals surface area contributed by atoms with Gasteiger partial charge < -0.3 is 5.73 Å². The van der Waals surface area contributed by atoms with Crippen molar-refractivity contribution < 1.29 is 0 Å². The van der Waals surface area contributed by atoms with Gasteiger partial charge in [-0.1, -0.05) is 26.7 Å². The third-order valence-corrected chi connectivity index (χ3v) is 4.81. The molecule has 2 rings (SSSR count). The number of aromatic nitrogens is 1. The summed E-state index contributed by atoms with van der Waals surface area (Å²) in [7, 11) is 0. The monoisotopic (exact) mass is 310 g/mol. The minimum atomic E-state index is 0.231. The lowest BCUT2D eigenvalue weighted by molar-refractivity contribution is 0.112. The molecular formula is C15H23BrN2. The maximum absolute atomic E-state index is 6.44. The van der Waals surface area contributed by atoms with Crippen molar-refractivity contribution in [1.29, 1.82) is 0 Å². The lowest BCUT2D eigenvalue weighted by Gasteiger charge is -2.42.